The van der Waals surface area contributed by atoms with Crippen LogP contribution < -0.4 is 4.90 Å². The van der Waals surface area contributed by atoms with Crippen LogP contribution in [0.5, 0.6) is 0 Å². The van der Waals surface area contributed by atoms with Crippen molar-refractivity contribution in [1.29, 1.82) is 0 Å². The molecule has 1 amide bonds. The molecule has 0 saturated heterocycles. The molecule has 0 aliphatic rings. The van der Waals surface area contributed by atoms with E-state index in [2.05, 4.69) is 0 Å². The molecule has 0 aliphatic carbocycles. The molecule has 0 atom stereocenters. The van der Waals surface area contributed by atoms with E-state index in [0.29, 0.717) is 0 Å². The van der Waals surface area contributed by atoms with Crippen LogP contribution in [0.1, 0.15) is 40.2 Å². The van der Waals surface area contributed by atoms with Crippen LogP contribution in [0.4, 0.5) is 18.9 Å². The molecule has 0 aliphatic heterocycles. The monoisotopic (exact) mass is 277 g/mol. The Balaban J connectivity index is 0. The van der Waals surface area contributed by atoms with Gasteiger partial charge >= 0.3 is 6.18 Å². The van der Waals surface area contributed by atoms with Crippen LogP contribution in [0.15, 0.2) is 24.3 Å². The van der Waals surface area contributed by atoms with E-state index in [4.69, 9.17) is 0 Å². The summed E-state index contributed by atoms with van der Waals surface area (Å²) in [5.41, 5.74) is -0.930. The fourth-order valence-corrected chi connectivity index (χ4v) is 1.18. The molecular formula is C14H22F3NO. The molecule has 0 bridgehead atoms. The molecule has 2 nitrogen and oxygen atoms in total. The number of carbonyl (C=O) groups excluding carboxylic acids is 1. The van der Waals surface area contributed by atoms with Gasteiger partial charge in [-0.3, -0.25) is 4.79 Å². The first-order chi connectivity index (χ1) is 8.84. The highest BCUT2D eigenvalue weighted by atomic mass is 19.4. The number of nitrogens with zero attached hydrogens (tertiary/aromatic N) is 1. The van der Waals surface area contributed by atoms with E-state index in [-0.39, 0.29) is 5.69 Å². The van der Waals surface area contributed by atoms with Crippen LogP contribution in [-0.4, -0.2) is 13.0 Å². The van der Waals surface area contributed by atoms with E-state index in [1.54, 1.807) is 0 Å². The zero-order valence-electron chi connectivity index (χ0n) is 12.3. The van der Waals surface area contributed by atoms with Gasteiger partial charge in [-0.05, 0) is 12.1 Å². The molecule has 0 aromatic heterocycles. The molecule has 0 saturated carbocycles. The Bertz CT molecular complexity index is 375. The number of amides is 1. The van der Waals surface area contributed by atoms with Crippen LogP contribution in [0.3, 0.4) is 0 Å². The number of hydrogen-bond donors (Lipinski definition) is 0. The first-order valence-electron chi connectivity index (χ1n) is 6.24. The third kappa shape index (κ3) is 6.27. The highest BCUT2D eigenvalue weighted by molar-refractivity contribution is 5.91. The summed E-state index contributed by atoms with van der Waals surface area (Å²) in [5, 5.41) is 0. The first kappa shape index (κ1) is 19.8. The lowest BCUT2D eigenvalue weighted by Gasteiger charge is -2.20. The Hall–Kier alpha value is -1.52. The van der Waals surface area contributed by atoms with Crippen molar-refractivity contribution in [2.75, 3.05) is 11.9 Å². The third-order valence-corrected chi connectivity index (χ3v) is 2.04. The molecule has 1 aromatic rings. The lowest BCUT2D eigenvalue weighted by atomic mass is 10.1. The average Bonchev–Trinajstić information content (AvgIpc) is 2.41. The van der Waals surface area contributed by atoms with Crippen molar-refractivity contribution >= 4 is 11.6 Å². The zero-order chi connectivity index (χ0) is 15.6. The average molecular weight is 277 g/mol. The van der Waals surface area contributed by atoms with E-state index in [1.807, 2.05) is 27.7 Å². The Labute approximate surface area is 113 Å². The largest absolute Gasteiger partial charge is 0.418 e. The van der Waals surface area contributed by atoms with Crippen LogP contribution in [0.25, 0.3) is 0 Å². The molecule has 0 heterocycles. The van der Waals surface area contributed by atoms with Crippen molar-refractivity contribution in [3.05, 3.63) is 29.8 Å². The second kappa shape index (κ2) is 9.42. The highest BCUT2D eigenvalue weighted by Crippen LogP contribution is 2.35. The van der Waals surface area contributed by atoms with Crippen molar-refractivity contribution < 1.29 is 18.0 Å². The normalized spacial score (nSPS) is 9.53. The minimum atomic E-state index is -4.44. The Morgan fingerprint density at radius 2 is 1.47 bits per heavy atom. The number of alkyl halides is 3. The van der Waals surface area contributed by atoms with Crippen molar-refractivity contribution in [3.8, 4) is 0 Å². The van der Waals surface area contributed by atoms with Gasteiger partial charge in [-0.1, -0.05) is 39.8 Å². The topological polar surface area (TPSA) is 20.3 Å². The number of hydrogen-bond acceptors (Lipinski definition) is 1. The Morgan fingerprint density at radius 1 is 1.05 bits per heavy atom. The summed E-state index contributed by atoms with van der Waals surface area (Å²) in [4.78, 5) is 12.0. The second-order valence-electron chi connectivity index (χ2n) is 3.09. The number of halogens is 3. The predicted octanol–water partition coefficient (Wildman–Crippen LogP) is 4.74. The van der Waals surface area contributed by atoms with Gasteiger partial charge in [-0.25, -0.2) is 0 Å². The molecule has 0 spiro atoms. The van der Waals surface area contributed by atoms with Gasteiger partial charge in [-0.15, -0.1) is 0 Å². The molecule has 1 aromatic carbocycles. The minimum Gasteiger partial charge on any atom is -0.315 e. The molecule has 1 rings (SSSR count). The Kier molecular flexibility index (Phi) is 9.82. The van der Waals surface area contributed by atoms with E-state index < -0.39 is 17.6 Å². The quantitative estimate of drug-likeness (QED) is 0.726. The van der Waals surface area contributed by atoms with Gasteiger partial charge in [0.05, 0.1) is 11.3 Å². The first-order valence-corrected chi connectivity index (χ1v) is 6.24. The zero-order valence-corrected chi connectivity index (χ0v) is 12.3. The predicted molar refractivity (Wildman–Crippen MR) is 73.2 cm³/mol. The fourth-order valence-electron chi connectivity index (χ4n) is 1.18. The molecule has 110 valence electrons. The molecule has 0 fully saturated rings. The number of carbonyl (C=O) groups is 1. The van der Waals surface area contributed by atoms with Gasteiger partial charge in [0.15, 0.2) is 0 Å². The molecule has 5 heteroatoms. The Morgan fingerprint density at radius 3 is 1.84 bits per heavy atom. The van der Waals surface area contributed by atoms with Gasteiger partial charge < -0.3 is 4.90 Å². The summed E-state index contributed by atoms with van der Waals surface area (Å²) in [7, 11) is 1.31. The number of benzene rings is 1. The van der Waals surface area contributed by atoms with Crippen molar-refractivity contribution in [2.45, 2.75) is 40.8 Å². The van der Waals surface area contributed by atoms with E-state index in [0.717, 1.165) is 11.0 Å². The highest BCUT2D eigenvalue weighted by Gasteiger charge is 2.34. The molecular weight excluding hydrogens is 255 g/mol. The molecule has 0 N–H and O–H groups in total. The van der Waals surface area contributed by atoms with E-state index in [1.165, 1.54) is 32.2 Å². The molecule has 0 unspecified atom stereocenters. The SMILES string of the molecule is CC.CC.CC(=O)N(C)c1ccccc1C(F)(F)F. The smallest absolute Gasteiger partial charge is 0.315 e. The molecule has 0 radical (unpaired) electrons. The van der Waals surface area contributed by atoms with E-state index in [9.17, 15) is 18.0 Å². The summed E-state index contributed by atoms with van der Waals surface area (Å²) in [6, 6.07) is 4.98. The summed E-state index contributed by atoms with van der Waals surface area (Å²) in [6.07, 6.45) is -4.44. The molecule has 19 heavy (non-hydrogen) atoms. The summed E-state index contributed by atoms with van der Waals surface area (Å²) < 4.78 is 37.6. The van der Waals surface area contributed by atoms with Gasteiger partial charge in [0.2, 0.25) is 5.91 Å². The maximum absolute atomic E-state index is 12.5. The maximum Gasteiger partial charge on any atom is 0.418 e. The minimum absolute atomic E-state index is 0.127. The summed E-state index contributed by atoms with van der Waals surface area (Å²) in [6.45, 7) is 9.22. The third-order valence-electron chi connectivity index (χ3n) is 2.04. The number of rotatable bonds is 1. The number of para-hydroxylation sites is 1. The van der Waals surface area contributed by atoms with Crippen molar-refractivity contribution in [2.24, 2.45) is 0 Å². The van der Waals surface area contributed by atoms with Gasteiger partial charge in [0.1, 0.15) is 0 Å². The number of anilines is 1. The summed E-state index contributed by atoms with van der Waals surface area (Å²) >= 11 is 0. The van der Waals surface area contributed by atoms with Crippen LogP contribution >= 0.6 is 0 Å². The fraction of sp³-hybridized carbons (Fsp3) is 0.500. The second-order valence-corrected chi connectivity index (χ2v) is 3.09. The van der Waals surface area contributed by atoms with Crippen LogP contribution in [0, 0.1) is 0 Å². The summed E-state index contributed by atoms with van der Waals surface area (Å²) in [5.74, 6) is -0.438. The van der Waals surface area contributed by atoms with Gasteiger partial charge in [0.25, 0.3) is 0 Å². The van der Waals surface area contributed by atoms with Crippen LogP contribution in [-0.2, 0) is 11.0 Å². The van der Waals surface area contributed by atoms with Crippen molar-refractivity contribution in [3.63, 3.8) is 0 Å². The lowest BCUT2D eigenvalue weighted by Crippen LogP contribution is -2.25. The van der Waals surface area contributed by atoms with Crippen LogP contribution in [0.2, 0.25) is 0 Å². The van der Waals surface area contributed by atoms with Gasteiger partial charge in [0, 0.05) is 14.0 Å². The van der Waals surface area contributed by atoms with Crippen molar-refractivity contribution in [1.82, 2.24) is 0 Å². The lowest BCUT2D eigenvalue weighted by molar-refractivity contribution is -0.137. The maximum atomic E-state index is 12.5. The van der Waals surface area contributed by atoms with Gasteiger partial charge in [-0.2, -0.15) is 13.2 Å². The van der Waals surface area contributed by atoms with E-state index >= 15 is 0 Å². The standard InChI is InChI=1S/C10H10F3NO.2C2H6/c1-7(15)14(2)9-6-4-3-5-8(9)10(11,12)13;2*1-2/h3-6H,1-2H3;2*1-2H3.